The molecule has 0 aliphatic rings. The predicted molar refractivity (Wildman–Crippen MR) is 111 cm³/mol. The Morgan fingerprint density at radius 1 is 0.964 bits per heavy atom. The third-order valence-corrected chi connectivity index (χ3v) is 4.69. The first-order chi connectivity index (χ1) is 13.5. The minimum absolute atomic E-state index is 0.0656. The van der Waals surface area contributed by atoms with Crippen molar-refractivity contribution in [1.29, 1.82) is 0 Å². The molecule has 2 aromatic carbocycles. The summed E-state index contributed by atoms with van der Waals surface area (Å²) in [4.78, 5) is 27.4. The van der Waals surface area contributed by atoms with Gasteiger partial charge in [-0.25, -0.2) is 0 Å². The van der Waals surface area contributed by atoms with Crippen LogP contribution in [-0.2, 0) is 16.1 Å². The molecule has 0 radical (unpaired) electrons. The summed E-state index contributed by atoms with van der Waals surface area (Å²) in [5, 5.41) is 3.00. The summed E-state index contributed by atoms with van der Waals surface area (Å²) in [5.74, 6) is 0.298. The van der Waals surface area contributed by atoms with Crippen molar-refractivity contribution >= 4 is 11.8 Å². The molecule has 150 valence electrons. The molecule has 28 heavy (non-hydrogen) atoms. The summed E-state index contributed by atoms with van der Waals surface area (Å²) < 4.78 is 5.64. The van der Waals surface area contributed by atoms with E-state index in [9.17, 15) is 9.59 Å². The highest BCUT2D eigenvalue weighted by atomic mass is 16.5. The molecule has 0 aliphatic carbocycles. The number of ether oxygens (including phenoxy) is 1. The molecule has 0 fully saturated rings. The molecule has 2 rings (SSSR count). The highest BCUT2D eigenvalue weighted by Gasteiger charge is 2.29. The number of benzene rings is 2. The summed E-state index contributed by atoms with van der Waals surface area (Å²) in [6, 6.07) is 18.4. The Kier molecular flexibility index (Phi) is 8.53. The van der Waals surface area contributed by atoms with Crippen LogP contribution >= 0.6 is 0 Å². The second-order valence-corrected chi connectivity index (χ2v) is 6.85. The van der Waals surface area contributed by atoms with Gasteiger partial charge in [-0.15, -0.1) is 0 Å². The maximum atomic E-state index is 13.0. The summed E-state index contributed by atoms with van der Waals surface area (Å²) in [6.07, 6.45) is 1.37. The molecule has 2 unspecified atom stereocenters. The van der Waals surface area contributed by atoms with Crippen LogP contribution in [0.2, 0.25) is 0 Å². The Hall–Kier alpha value is -2.82. The molecule has 0 spiro atoms. The molecule has 0 saturated carbocycles. The van der Waals surface area contributed by atoms with Crippen molar-refractivity contribution in [3.63, 3.8) is 0 Å². The molecule has 0 bridgehead atoms. The van der Waals surface area contributed by atoms with Gasteiger partial charge in [-0.3, -0.25) is 9.59 Å². The van der Waals surface area contributed by atoms with Crippen molar-refractivity contribution in [1.82, 2.24) is 10.2 Å². The zero-order valence-corrected chi connectivity index (χ0v) is 16.9. The lowest BCUT2D eigenvalue weighted by atomic mass is 10.1. The molecule has 0 saturated heterocycles. The van der Waals surface area contributed by atoms with Gasteiger partial charge in [0.25, 0.3) is 5.91 Å². The SMILES string of the molecule is CCC(C)NC(=O)C(CC)N(Cc1ccccc1)C(=O)COc1ccccc1. The number of carbonyl (C=O) groups is 2. The number of hydrogen-bond donors (Lipinski definition) is 1. The molecule has 5 heteroatoms. The van der Waals surface area contributed by atoms with Crippen LogP contribution in [0.1, 0.15) is 39.2 Å². The van der Waals surface area contributed by atoms with Gasteiger partial charge in [0.2, 0.25) is 5.91 Å². The van der Waals surface area contributed by atoms with E-state index in [1.165, 1.54) is 0 Å². The molecular weight excluding hydrogens is 352 g/mol. The third-order valence-electron chi connectivity index (χ3n) is 4.69. The van der Waals surface area contributed by atoms with E-state index < -0.39 is 6.04 Å². The second-order valence-electron chi connectivity index (χ2n) is 6.85. The van der Waals surface area contributed by atoms with Gasteiger partial charge in [-0.1, -0.05) is 62.4 Å². The zero-order chi connectivity index (χ0) is 20.4. The smallest absolute Gasteiger partial charge is 0.261 e. The van der Waals surface area contributed by atoms with E-state index in [0.29, 0.717) is 18.7 Å². The van der Waals surface area contributed by atoms with E-state index in [4.69, 9.17) is 4.74 Å². The molecule has 2 atom stereocenters. The van der Waals surface area contributed by atoms with E-state index in [-0.39, 0.29) is 24.5 Å². The minimum Gasteiger partial charge on any atom is -0.484 e. The fourth-order valence-electron chi connectivity index (χ4n) is 2.89. The Morgan fingerprint density at radius 2 is 1.57 bits per heavy atom. The van der Waals surface area contributed by atoms with Crippen molar-refractivity contribution < 1.29 is 14.3 Å². The van der Waals surface area contributed by atoms with Gasteiger partial charge in [0.05, 0.1) is 0 Å². The molecular formula is C23H30N2O3. The number of nitrogens with zero attached hydrogens (tertiary/aromatic N) is 1. The normalized spacial score (nSPS) is 12.7. The lowest BCUT2D eigenvalue weighted by Gasteiger charge is -2.31. The lowest BCUT2D eigenvalue weighted by molar-refractivity contribution is -0.143. The minimum atomic E-state index is -0.541. The van der Waals surface area contributed by atoms with E-state index in [1.807, 2.05) is 81.4 Å². The van der Waals surface area contributed by atoms with Gasteiger partial charge in [-0.05, 0) is 37.5 Å². The van der Waals surface area contributed by atoms with Gasteiger partial charge < -0.3 is 15.0 Å². The standard InChI is InChI=1S/C23H30N2O3/c1-4-18(3)24-23(27)21(5-2)25(16-19-12-8-6-9-13-19)22(26)17-28-20-14-10-7-11-15-20/h6-15,18,21H,4-5,16-17H2,1-3H3,(H,24,27). The quantitative estimate of drug-likeness (QED) is 0.680. The molecule has 0 aliphatic heterocycles. The van der Waals surface area contributed by atoms with Crippen LogP contribution < -0.4 is 10.1 Å². The Bertz CT molecular complexity index is 734. The summed E-state index contributed by atoms with van der Waals surface area (Å²) in [6.45, 7) is 6.16. The Balaban J connectivity index is 2.16. The first-order valence-corrected chi connectivity index (χ1v) is 9.86. The van der Waals surface area contributed by atoms with Gasteiger partial charge in [0.15, 0.2) is 6.61 Å². The molecule has 5 nitrogen and oxygen atoms in total. The highest BCUT2D eigenvalue weighted by Crippen LogP contribution is 2.14. The van der Waals surface area contributed by atoms with Crippen LogP contribution in [0.4, 0.5) is 0 Å². The van der Waals surface area contributed by atoms with Crippen LogP contribution in [0.25, 0.3) is 0 Å². The molecule has 0 aromatic heterocycles. The van der Waals surface area contributed by atoms with Crippen LogP contribution in [0, 0.1) is 0 Å². The maximum Gasteiger partial charge on any atom is 0.261 e. The number of amides is 2. The first-order valence-electron chi connectivity index (χ1n) is 9.86. The topological polar surface area (TPSA) is 58.6 Å². The molecule has 2 aromatic rings. The third kappa shape index (κ3) is 6.41. The number of carbonyl (C=O) groups excluding carboxylic acids is 2. The van der Waals surface area contributed by atoms with E-state index >= 15 is 0 Å². The highest BCUT2D eigenvalue weighted by molar-refractivity contribution is 5.88. The summed E-state index contributed by atoms with van der Waals surface area (Å²) in [5.41, 5.74) is 0.977. The molecule has 2 amide bonds. The first kappa shape index (κ1) is 21.5. The van der Waals surface area contributed by atoms with Crippen molar-refractivity contribution in [2.24, 2.45) is 0 Å². The number of rotatable bonds is 10. The monoisotopic (exact) mass is 382 g/mol. The predicted octanol–water partition coefficient (Wildman–Crippen LogP) is 3.79. The zero-order valence-electron chi connectivity index (χ0n) is 16.9. The number of hydrogen-bond acceptors (Lipinski definition) is 3. The summed E-state index contributed by atoms with van der Waals surface area (Å²) in [7, 11) is 0. The average molecular weight is 383 g/mol. The Morgan fingerprint density at radius 3 is 2.14 bits per heavy atom. The fraction of sp³-hybridized carbons (Fsp3) is 0.391. The average Bonchev–Trinajstić information content (AvgIpc) is 2.73. The Labute approximate surface area is 167 Å². The van der Waals surface area contributed by atoms with E-state index in [0.717, 1.165) is 12.0 Å². The summed E-state index contributed by atoms with van der Waals surface area (Å²) >= 11 is 0. The fourth-order valence-corrected chi connectivity index (χ4v) is 2.89. The maximum absolute atomic E-state index is 13.0. The lowest BCUT2D eigenvalue weighted by Crippen LogP contribution is -2.51. The van der Waals surface area contributed by atoms with Crippen LogP contribution in [0.3, 0.4) is 0 Å². The van der Waals surface area contributed by atoms with E-state index in [2.05, 4.69) is 5.32 Å². The van der Waals surface area contributed by atoms with Crippen molar-refractivity contribution in [3.8, 4) is 5.75 Å². The van der Waals surface area contributed by atoms with Crippen molar-refractivity contribution in [2.75, 3.05) is 6.61 Å². The van der Waals surface area contributed by atoms with Crippen molar-refractivity contribution in [3.05, 3.63) is 66.2 Å². The van der Waals surface area contributed by atoms with Gasteiger partial charge in [-0.2, -0.15) is 0 Å². The van der Waals surface area contributed by atoms with Gasteiger partial charge >= 0.3 is 0 Å². The van der Waals surface area contributed by atoms with Crippen LogP contribution in [0.5, 0.6) is 5.75 Å². The largest absolute Gasteiger partial charge is 0.484 e. The molecule has 1 N–H and O–H groups in total. The van der Waals surface area contributed by atoms with Crippen molar-refractivity contribution in [2.45, 2.75) is 52.2 Å². The van der Waals surface area contributed by atoms with Gasteiger partial charge in [0, 0.05) is 12.6 Å². The van der Waals surface area contributed by atoms with E-state index in [1.54, 1.807) is 4.90 Å². The number of para-hydroxylation sites is 1. The van der Waals surface area contributed by atoms with Crippen LogP contribution in [-0.4, -0.2) is 35.4 Å². The van der Waals surface area contributed by atoms with Gasteiger partial charge in [0.1, 0.15) is 11.8 Å². The van der Waals surface area contributed by atoms with Crippen LogP contribution in [0.15, 0.2) is 60.7 Å². The molecule has 0 heterocycles. The second kappa shape index (κ2) is 11.1. The number of nitrogens with one attached hydrogen (secondary N) is 1.